The summed E-state index contributed by atoms with van der Waals surface area (Å²) >= 11 is 0. The Bertz CT molecular complexity index is 246. The zero-order valence-corrected chi connectivity index (χ0v) is 9.82. The van der Waals surface area contributed by atoms with Crippen LogP contribution in [0.4, 0.5) is 0 Å². The standard InChI is InChI=1S/C12H21NO2/c1-4-14-9-11(3)13-10(2)8-12-6-5-7-15-12/h5-7,10-11,13H,4,8-9H2,1-3H3. The molecule has 86 valence electrons. The molecule has 3 heteroatoms. The van der Waals surface area contributed by atoms with Crippen molar-refractivity contribution in [1.82, 2.24) is 5.32 Å². The summed E-state index contributed by atoms with van der Waals surface area (Å²) < 4.78 is 10.6. The van der Waals surface area contributed by atoms with E-state index in [0.717, 1.165) is 25.4 Å². The van der Waals surface area contributed by atoms with Crippen LogP contribution < -0.4 is 5.32 Å². The van der Waals surface area contributed by atoms with E-state index in [1.54, 1.807) is 6.26 Å². The molecule has 2 atom stereocenters. The summed E-state index contributed by atoms with van der Waals surface area (Å²) in [7, 11) is 0. The summed E-state index contributed by atoms with van der Waals surface area (Å²) in [5.74, 6) is 1.03. The number of hydrogen-bond acceptors (Lipinski definition) is 3. The van der Waals surface area contributed by atoms with Crippen LogP contribution in [0.25, 0.3) is 0 Å². The zero-order valence-electron chi connectivity index (χ0n) is 9.82. The summed E-state index contributed by atoms with van der Waals surface area (Å²) in [6, 6.07) is 4.72. The second-order valence-corrected chi connectivity index (χ2v) is 3.91. The Morgan fingerprint density at radius 2 is 2.20 bits per heavy atom. The first-order valence-electron chi connectivity index (χ1n) is 5.58. The summed E-state index contributed by atoms with van der Waals surface area (Å²) in [5.41, 5.74) is 0. The molecule has 0 aliphatic rings. The fourth-order valence-corrected chi connectivity index (χ4v) is 1.62. The molecule has 3 nitrogen and oxygen atoms in total. The van der Waals surface area contributed by atoms with E-state index in [-0.39, 0.29) is 0 Å². The Balaban J connectivity index is 2.20. The maximum atomic E-state index is 5.35. The molecule has 1 rings (SSSR count). The molecule has 0 radical (unpaired) electrons. The highest BCUT2D eigenvalue weighted by Gasteiger charge is 2.09. The lowest BCUT2D eigenvalue weighted by Crippen LogP contribution is -2.38. The second kappa shape index (κ2) is 6.64. The van der Waals surface area contributed by atoms with Gasteiger partial charge in [-0.1, -0.05) is 0 Å². The van der Waals surface area contributed by atoms with E-state index in [0.29, 0.717) is 12.1 Å². The number of rotatable bonds is 7. The van der Waals surface area contributed by atoms with Gasteiger partial charge < -0.3 is 14.5 Å². The van der Waals surface area contributed by atoms with Gasteiger partial charge in [-0.2, -0.15) is 0 Å². The monoisotopic (exact) mass is 211 g/mol. The molecule has 2 unspecified atom stereocenters. The molecule has 0 saturated heterocycles. The van der Waals surface area contributed by atoms with Gasteiger partial charge in [0.15, 0.2) is 0 Å². The van der Waals surface area contributed by atoms with Crippen molar-refractivity contribution in [3.8, 4) is 0 Å². The first-order valence-corrected chi connectivity index (χ1v) is 5.58. The fourth-order valence-electron chi connectivity index (χ4n) is 1.62. The van der Waals surface area contributed by atoms with Crippen molar-refractivity contribution in [2.75, 3.05) is 13.2 Å². The predicted molar refractivity (Wildman–Crippen MR) is 61.0 cm³/mol. The van der Waals surface area contributed by atoms with Crippen LogP contribution in [-0.2, 0) is 11.2 Å². The smallest absolute Gasteiger partial charge is 0.105 e. The highest BCUT2D eigenvalue weighted by Crippen LogP contribution is 2.04. The predicted octanol–water partition coefficient (Wildman–Crippen LogP) is 2.23. The van der Waals surface area contributed by atoms with Crippen LogP contribution in [0.2, 0.25) is 0 Å². The zero-order chi connectivity index (χ0) is 11.1. The van der Waals surface area contributed by atoms with Gasteiger partial charge >= 0.3 is 0 Å². The fraction of sp³-hybridized carbons (Fsp3) is 0.667. The van der Waals surface area contributed by atoms with Gasteiger partial charge in [-0.3, -0.25) is 0 Å². The topological polar surface area (TPSA) is 34.4 Å². The van der Waals surface area contributed by atoms with Gasteiger partial charge in [-0.15, -0.1) is 0 Å². The third-order valence-corrected chi connectivity index (χ3v) is 2.23. The van der Waals surface area contributed by atoms with Crippen molar-refractivity contribution in [2.45, 2.75) is 39.3 Å². The van der Waals surface area contributed by atoms with Crippen LogP contribution in [-0.4, -0.2) is 25.3 Å². The van der Waals surface area contributed by atoms with Gasteiger partial charge in [-0.25, -0.2) is 0 Å². The summed E-state index contributed by atoms with van der Waals surface area (Å²) in [6.45, 7) is 7.84. The number of furan rings is 1. The quantitative estimate of drug-likeness (QED) is 0.751. The van der Waals surface area contributed by atoms with E-state index in [2.05, 4.69) is 19.2 Å². The molecule has 0 aromatic carbocycles. The van der Waals surface area contributed by atoms with E-state index in [9.17, 15) is 0 Å². The van der Waals surface area contributed by atoms with E-state index in [1.165, 1.54) is 0 Å². The molecule has 0 spiro atoms. The lowest BCUT2D eigenvalue weighted by atomic mass is 10.2. The highest BCUT2D eigenvalue weighted by molar-refractivity contribution is 5.00. The van der Waals surface area contributed by atoms with Crippen molar-refractivity contribution < 1.29 is 9.15 Å². The molecule has 0 amide bonds. The lowest BCUT2D eigenvalue weighted by molar-refractivity contribution is 0.124. The molecular formula is C12H21NO2. The minimum absolute atomic E-state index is 0.384. The minimum atomic E-state index is 0.384. The third kappa shape index (κ3) is 5.00. The van der Waals surface area contributed by atoms with Crippen LogP contribution in [0.3, 0.4) is 0 Å². The first-order chi connectivity index (χ1) is 7.22. The molecule has 1 aromatic rings. The lowest BCUT2D eigenvalue weighted by Gasteiger charge is -2.18. The Hall–Kier alpha value is -0.800. The highest BCUT2D eigenvalue weighted by atomic mass is 16.5. The van der Waals surface area contributed by atoms with Gasteiger partial charge in [0.05, 0.1) is 12.9 Å². The molecule has 0 aliphatic carbocycles. The van der Waals surface area contributed by atoms with Crippen LogP contribution in [0, 0.1) is 0 Å². The first kappa shape index (κ1) is 12.3. The Kier molecular flexibility index (Phi) is 5.43. The average Bonchev–Trinajstić information content (AvgIpc) is 2.67. The molecule has 0 fully saturated rings. The van der Waals surface area contributed by atoms with E-state index < -0.39 is 0 Å². The van der Waals surface area contributed by atoms with Gasteiger partial charge in [0.1, 0.15) is 5.76 Å². The average molecular weight is 211 g/mol. The number of ether oxygens (including phenoxy) is 1. The van der Waals surface area contributed by atoms with E-state index in [4.69, 9.17) is 9.15 Å². The van der Waals surface area contributed by atoms with Gasteiger partial charge in [0.25, 0.3) is 0 Å². The summed E-state index contributed by atoms with van der Waals surface area (Å²) in [5, 5.41) is 3.47. The molecule has 1 aromatic heterocycles. The van der Waals surface area contributed by atoms with Gasteiger partial charge in [0, 0.05) is 25.1 Å². The number of hydrogen-bond donors (Lipinski definition) is 1. The van der Waals surface area contributed by atoms with Crippen molar-refractivity contribution in [2.24, 2.45) is 0 Å². The maximum Gasteiger partial charge on any atom is 0.105 e. The van der Waals surface area contributed by atoms with Crippen LogP contribution in [0.15, 0.2) is 22.8 Å². The van der Waals surface area contributed by atoms with E-state index in [1.807, 2.05) is 19.1 Å². The normalized spacial score (nSPS) is 15.1. The largest absolute Gasteiger partial charge is 0.469 e. The molecule has 15 heavy (non-hydrogen) atoms. The molecule has 0 saturated carbocycles. The van der Waals surface area contributed by atoms with Crippen molar-refractivity contribution >= 4 is 0 Å². The third-order valence-electron chi connectivity index (χ3n) is 2.23. The maximum absolute atomic E-state index is 5.35. The van der Waals surface area contributed by atoms with Crippen LogP contribution >= 0.6 is 0 Å². The van der Waals surface area contributed by atoms with E-state index >= 15 is 0 Å². The van der Waals surface area contributed by atoms with Crippen LogP contribution in [0.5, 0.6) is 0 Å². The molecular weight excluding hydrogens is 190 g/mol. The molecule has 1 N–H and O–H groups in total. The number of nitrogens with one attached hydrogen (secondary N) is 1. The Morgan fingerprint density at radius 1 is 1.40 bits per heavy atom. The molecule has 0 bridgehead atoms. The SMILES string of the molecule is CCOCC(C)NC(C)Cc1ccco1. The van der Waals surface area contributed by atoms with Crippen LogP contribution in [0.1, 0.15) is 26.5 Å². The molecule has 0 aliphatic heterocycles. The Morgan fingerprint density at radius 3 is 2.80 bits per heavy atom. The van der Waals surface area contributed by atoms with Gasteiger partial charge in [0.2, 0.25) is 0 Å². The van der Waals surface area contributed by atoms with Crippen molar-refractivity contribution in [3.05, 3.63) is 24.2 Å². The summed E-state index contributed by atoms with van der Waals surface area (Å²) in [4.78, 5) is 0. The molecule has 1 heterocycles. The van der Waals surface area contributed by atoms with Crippen molar-refractivity contribution in [1.29, 1.82) is 0 Å². The minimum Gasteiger partial charge on any atom is -0.469 e. The Labute approximate surface area is 91.8 Å². The van der Waals surface area contributed by atoms with Crippen molar-refractivity contribution in [3.63, 3.8) is 0 Å². The second-order valence-electron chi connectivity index (χ2n) is 3.91. The summed E-state index contributed by atoms with van der Waals surface area (Å²) in [6.07, 6.45) is 2.63. The van der Waals surface area contributed by atoms with Gasteiger partial charge in [-0.05, 0) is 32.9 Å².